The Morgan fingerprint density at radius 2 is 2.00 bits per heavy atom. The van der Waals surface area contributed by atoms with Crippen molar-refractivity contribution in [2.45, 2.75) is 12.7 Å². The van der Waals surface area contributed by atoms with Crippen molar-refractivity contribution in [3.63, 3.8) is 0 Å². The third kappa shape index (κ3) is 3.41. The van der Waals surface area contributed by atoms with Crippen molar-refractivity contribution >= 4 is 17.2 Å². The zero-order valence-corrected chi connectivity index (χ0v) is 11.8. The Labute approximate surface area is 122 Å². The summed E-state index contributed by atoms with van der Waals surface area (Å²) in [6.45, 7) is 0.206. The predicted octanol–water partition coefficient (Wildman–Crippen LogP) is 4.18. The van der Waals surface area contributed by atoms with Gasteiger partial charge < -0.3 is 4.90 Å². The van der Waals surface area contributed by atoms with Gasteiger partial charge in [-0.2, -0.15) is 24.5 Å². The molecule has 112 valence electrons. The molecule has 0 atom stereocenters. The molecule has 2 nitrogen and oxygen atoms in total. The molecule has 0 N–H and O–H groups in total. The maximum absolute atomic E-state index is 13.9. The van der Waals surface area contributed by atoms with Crippen LogP contribution >= 0.6 is 11.3 Å². The van der Waals surface area contributed by atoms with Gasteiger partial charge in [-0.05, 0) is 34.5 Å². The van der Waals surface area contributed by atoms with Crippen LogP contribution in [-0.2, 0) is 12.7 Å². The fourth-order valence-electron chi connectivity index (χ4n) is 1.85. The van der Waals surface area contributed by atoms with Gasteiger partial charge in [-0.3, -0.25) is 4.79 Å². The second-order valence-corrected chi connectivity index (χ2v) is 5.24. The van der Waals surface area contributed by atoms with Crippen LogP contribution < -0.4 is 0 Å². The third-order valence-corrected chi connectivity index (χ3v) is 3.61. The lowest BCUT2D eigenvalue weighted by Gasteiger charge is -2.18. The molecule has 2 rings (SSSR count). The molecular weight excluding hydrogens is 306 g/mol. The van der Waals surface area contributed by atoms with Crippen molar-refractivity contribution < 1.29 is 22.4 Å². The van der Waals surface area contributed by atoms with E-state index in [0.29, 0.717) is 6.07 Å². The summed E-state index contributed by atoms with van der Waals surface area (Å²) in [5.41, 5.74) is -1.18. The van der Waals surface area contributed by atoms with Crippen molar-refractivity contribution in [2.24, 2.45) is 0 Å². The van der Waals surface area contributed by atoms with E-state index in [1.807, 2.05) is 10.8 Å². The van der Waals surface area contributed by atoms with Crippen LogP contribution in [0.15, 0.2) is 35.0 Å². The molecule has 0 radical (unpaired) electrons. The Hall–Kier alpha value is -1.89. The highest BCUT2D eigenvalue weighted by Gasteiger charge is 2.36. The first kappa shape index (κ1) is 15.5. The van der Waals surface area contributed by atoms with Crippen LogP contribution in [0, 0.1) is 5.82 Å². The number of benzene rings is 1. The van der Waals surface area contributed by atoms with Crippen LogP contribution in [0.2, 0.25) is 0 Å². The average Bonchev–Trinajstić information content (AvgIpc) is 2.89. The van der Waals surface area contributed by atoms with E-state index >= 15 is 0 Å². The molecule has 0 bridgehead atoms. The van der Waals surface area contributed by atoms with Crippen LogP contribution in [0.3, 0.4) is 0 Å². The highest BCUT2D eigenvalue weighted by molar-refractivity contribution is 7.07. The number of alkyl halides is 3. The molecule has 0 spiro atoms. The normalized spacial score (nSPS) is 11.5. The molecule has 1 heterocycles. The maximum atomic E-state index is 13.9. The van der Waals surface area contributed by atoms with E-state index < -0.39 is 29.0 Å². The molecule has 1 amide bonds. The third-order valence-electron chi connectivity index (χ3n) is 2.88. The number of halogens is 4. The second kappa shape index (κ2) is 5.85. The van der Waals surface area contributed by atoms with Gasteiger partial charge in [0.2, 0.25) is 0 Å². The molecule has 1 aromatic carbocycles. The molecule has 0 fully saturated rings. The first-order chi connectivity index (χ1) is 9.80. The zero-order chi connectivity index (χ0) is 15.6. The minimum atomic E-state index is -4.83. The summed E-state index contributed by atoms with van der Waals surface area (Å²) in [6, 6.07) is 4.48. The van der Waals surface area contributed by atoms with E-state index in [9.17, 15) is 22.4 Å². The molecule has 1 aromatic heterocycles. The molecule has 0 saturated carbocycles. The number of thiophene rings is 1. The number of nitrogens with zero attached hydrogens (tertiary/aromatic N) is 1. The SMILES string of the molecule is CN(Cc1ccsc1)C(=O)c1cccc(C(F)(F)F)c1F. The smallest absolute Gasteiger partial charge is 0.337 e. The minimum absolute atomic E-state index is 0.206. The van der Waals surface area contributed by atoms with Gasteiger partial charge in [0.15, 0.2) is 0 Å². The summed E-state index contributed by atoms with van der Waals surface area (Å²) in [4.78, 5) is 13.3. The first-order valence-electron chi connectivity index (χ1n) is 5.93. The molecule has 0 aliphatic rings. The van der Waals surface area contributed by atoms with Gasteiger partial charge in [0.1, 0.15) is 5.82 Å². The number of hydrogen-bond donors (Lipinski definition) is 0. The minimum Gasteiger partial charge on any atom is -0.337 e. The summed E-state index contributed by atoms with van der Waals surface area (Å²) in [5, 5.41) is 3.63. The van der Waals surface area contributed by atoms with Gasteiger partial charge >= 0.3 is 6.18 Å². The molecule has 0 aliphatic heterocycles. The Kier molecular flexibility index (Phi) is 4.32. The van der Waals surface area contributed by atoms with E-state index in [1.165, 1.54) is 23.3 Å². The molecule has 21 heavy (non-hydrogen) atoms. The maximum Gasteiger partial charge on any atom is 0.419 e. The number of amides is 1. The first-order valence-corrected chi connectivity index (χ1v) is 6.87. The van der Waals surface area contributed by atoms with Crippen LogP contribution in [-0.4, -0.2) is 17.9 Å². The van der Waals surface area contributed by atoms with Gasteiger partial charge in [0.25, 0.3) is 5.91 Å². The van der Waals surface area contributed by atoms with Crippen LogP contribution in [0.4, 0.5) is 17.6 Å². The van der Waals surface area contributed by atoms with E-state index in [1.54, 1.807) is 6.07 Å². The molecule has 0 saturated heterocycles. The fourth-order valence-corrected chi connectivity index (χ4v) is 2.51. The zero-order valence-electron chi connectivity index (χ0n) is 10.9. The van der Waals surface area contributed by atoms with Crippen LogP contribution in [0.1, 0.15) is 21.5 Å². The summed E-state index contributed by atoms with van der Waals surface area (Å²) < 4.78 is 51.8. The van der Waals surface area contributed by atoms with Gasteiger partial charge in [0.05, 0.1) is 11.1 Å². The second-order valence-electron chi connectivity index (χ2n) is 4.46. The number of rotatable bonds is 3. The average molecular weight is 317 g/mol. The molecule has 2 aromatic rings. The quantitative estimate of drug-likeness (QED) is 0.778. The fraction of sp³-hybridized carbons (Fsp3) is 0.214. The number of carbonyl (C=O) groups excluding carboxylic acids is 1. The summed E-state index contributed by atoms with van der Waals surface area (Å²) in [7, 11) is 1.42. The summed E-state index contributed by atoms with van der Waals surface area (Å²) in [5.74, 6) is -2.32. The predicted molar refractivity (Wildman–Crippen MR) is 71.5 cm³/mol. The number of carbonyl (C=O) groups is 1. The molecule has 0 unspecified atom stereocenters. The topological polar surface area (TPSA) is 20.3 Å². The Balaban J connectivity index is 2.27. The van der Waals surface area contributed by atoms with E-state index in [4.69, 9.17) is 0 Å². The highest BCUT2D eigenvalue weighted by Crippen LogP contribution is 2.32. The molecule has 0 aliphatic carbocycles. The van der Waals surface area contributed by atoms with E-state index in [2.05, 4.69) is 0 Å². The molecule has 7 heteroatoms. The van der Waals surface area contributed by atoms with Crippen molar-refractivity contribution in [3.8, 4) is 0 Å². The Morgan fingerprint density at radius 3 is 2.57 bits per heavy atom. The molecular formula is C14H11F4NOS. The highest BCUT2D eigenvalue weighted by atomic mass is 32.1. The van der Waals surface area contributed by atoms with E-state index in [-0.39, 0.29) is 6.54 Å². The lowest BCUT2D eigenvalue weighted by atomic mass is 10.1. The van der Waals surface area contributed by atoms with Crippen molar-refractivity contribution in [3.05, 3.63) is 57.5 Å². The van der Waals surface area contributed by atoms with Crippen LogP contribution in [0.25, 0.3) is 0 Å². The lowest BCUT2D eigenvalue weighted by molar-refractivity contribution is -0.140. The largest absolute Gasteiger partial charge is 0.419 e. The monoisotopic (exact) mass is 317 g/mol. The number of hydrogen-bond acceptors (Lipinski definition) is 2. The van der Waals surface area contributed by atoms with Crippen molar-refractivity contribution in [1.82, 2.24) is 4.90 Å². The van der Waals surface area contributed by atoms with Gasteiger partial charge in [-0.15, -0.1) is 0 Å². The van der Waals surface area contributed by atoms with Crippen LogP contribution in [0.5, 0.6) is 0 Å². The van der Waals surface area contributed by atoms with Gasteiger partial charge in [-0.25, -0.2) is 4.39 Å². The van der Waals surface area contributed by atoms with Crippen molar-refractivity contribution in [2.75, 3.05) is 7.05 Å². The summed E-state index contributed by atoms with van der Waals surface area (Å²) in [6.07, 6.45) is -4.83. The van der Waals surface area contributed by atoms with E-state index in [0.717, 1.165) is 17.7 Å². The Morgan fingerprint density at radius 1 is 1.29 bits per heavy atom. The lowest BCUT2D eigenvalue weighted by Crippen LogP contribution is -2.27. The van der Waals surface area contributed by atoms with Gasteiger partial charge in [-0.1, -0.05) is 6.07 Å². The summed E-state index contributed by atoms with van der Waals surface area (Å²) >= 11 is 1.44. The Bertz CT molecular complexity index is 637. The van der Waals surface area contributed by atoms with Crippen molar-refractivity contribution in [1.29, 1.82) is 0 Å². The van der Waals surface area contributed by atoms with Gasteiger partial charge in [0, 0.05) is 13.6 Å². The standard InChI is InChI=1S/C14H11F4NOS/c1-19(7-9-5-6-21-8-9)13(20)10-3-2-4-11(12(10)15)14(16,17)18/h2-6,8H,7H2,1H3.